The largest absolute Gasteiger partial charge is 0.417 e. The minimum absolute atomic E-state index is 0.0625. The van der Waals surface area contributed by atoms with E-state index in [1.54, 1.807) is 0 Å². The average Bonchev–Trinajstić information content (AvgIpc) is 2.46. The molecule has 0 aliphatic carbocycles. The van der Waals surface area contributed by atoms with Gasteiger partial charge in [-0.3, -0.25) is 19.8 Å². The van der Waals surface area contributed by atoms with Crippen molar-refractivity contribution in [1.82, 2.24) is 10.2 Å². The summed E-state index contributed by atoms with van der Waals surface area (Å²) in [6.07, 6.45) is -2.01. The number of carbonyl (C=O) groups excluding carboxylic acids is 2. The van der Waals surface area contributed by atoms with Gasteiger partial charge in [0.15, 0.2) is 5.11 Å². The van der Waals surface area contributed by atoms with Gasteiger partial charge in [-0.2, -0.15) is 13.2 Å². The summed E-state index contributed by atoms with van der Waals surface area (Å²) in [5, 5.41) is 1.74. The van der Waals surface area contributed by atoms with Crippen LogP contribution in [0, 0.1) is 0 Å². The van der Waals surface area contributed by atoms with E-state index >= 15 is 0 Å². The molecule has 0 saturated carbocycles. The van der Waals surface area contributed by atoms with Gasteiger partial charge in [-0.15, -0.1) is 6.58 Å². The zero-order chi connectivity index (χ0) is 18.1. The van der Waals surface area contributed by atoms with Crippen LogP contribution in [0.1, 0.15) is 11.1 Å². The first-order valence-electron chi connectivity index (χ1n) is 6.51. The first-order chi connectivity index (χ1) is 11.1. The molecular formula is C15H10ClF3N2O2S. The third-order valence-electron chi connectivity index (χ3n) is 3.11. The van der Waals surface area contributed by atoms with E-state index < -0.39 is 28.6 Å². The summed E-state index contributed by atoms with van der Waals surface area (Å²) in [4.78, 5) is 25.3. The molecule has 1 aliphatic heterocycles. The maximum Gasteiger partial charge on any atom is 0.417 e. The Morgan fingerprint density at radius 1 is 1.33 bits per heavy atom. The van der Waals surface area contributed by atoms with Gasteiger partial charge in [0.25, 0.3) is 11.8 Å². The highest BCUT2D eigenvalue weighted by atomic mass is 35.5. The number of alkyl halides is 3. The van der Waals surface area contributed by atoms with Crippen LogP contribution in [0.15, 0.2) is 36.4 Å². The number of amides is 2. The number of thiocarbonyl (C=S) groups is 1. The SMILES string of the molecule is C=CCN1C(=O)/C(=C/c2ccc(C(F)(F)F)c(Cl)c2)C(=O)NC1=S. The number of nitrogens with one attached hydrogen (secondary N) is 1. The quantitative estimate of drug-likeness (QED) is 0.382. The Hall–Kier alpha value is -2.19. The molecule has 2 amide bonds. The van der Waals surface area contributed by atoms with Crippen molar-refractivity contribution < 1.29 is 22.8 Å². The molecule has 1 saturated heterocycles. The minimum Gasteiger partial charge on any atom is -0.298 e. The maximum absolute atomic E-state index is 12.7. The number of carbonyl (C=O) groups is 2. The van der Waals surface area contributed by atoms with Crippen LogP contribution in [0.25, 0.3) is 6.08 Å². The van der Waals surface area contributed by atoms with Gasteiger partial charge in [-0.25, -0.2) is 0 Å². The fraction of sp³-hybridized carbons (Fsp3) is 0.133. The molecule has 0 atom stereocenters. The summed E-state index contributed by atoms with van der Waals surface area (Å²) < 4.78 is 38.1. The molecule has 2 rings (SSSR count). The fourth-order valence-electron chi connectivity index (χ4n) is 2.01. The van der Waals surface area contributed by atoms with E-state index in [2.05, 4.69) is 11.9 Å². The summed E-state index contributed by atoms with van der Waals surface area (Å²) in [6.45, 7) is 3.57. The number of nitrogens with zero attached hydrogens (tertiary/aromatic N) is 1. The number of hydrogen-bond donors (Lipinski definition) is 1. The van der Waals surface area contributed by atoms with Gasteiger partial charge in [-0.1, -0.05) is 23.7 Å². The molecule has 0 spiro atoms. The summed E-state index contributed by atoms with van der Waals surface area (Å²) >= 11 is 10.5. The van der Waals surface area contributed by atoms with Gasteiger partial charge in [-0.05, 0) is 36.0 Å². The zero-order valence-electron chi connectivity index (χ0n) is 12.0. The number of benzene rings is 1. The lowest BCUT2D eigenvalue weighted by Gasteiger charge is -2.27. The van der Waals surface area contributed by atoms with Crippen LogP contribution >= 0.6 is 23.8 Å². The molecule has 1 heterocycles. The Balaban J connectivity index is 2.41. The van der Waals surface area contributed by atoms with Crippen molar-refractivity contribution >= 4 is 46.8 Å². The first-order valence-corrected chi connectivity index (χ1v) is 7.30. The van der Waals surface area contributed by atoms with E-state index in [-0.39, 0.29) is 22.8 Å². The lowest BCUT2D eigenvalue weighted by atomic mass is 10.1. The number of halogens is 4. The van der Waals surface area contributed by atoms with E-state index in [0.29, 0.717) is 0 Å². The van der Waals surface area contributed by atoms with Gasteiger partial charge in [0.1, 0.15) is 5.57 Å². The van der Waals surface area contributed by atoms with Crippen LogP contribution in [0.5, 0.6) is 0 Å². The Kier molecular flexibility index (Phi) is 5.10. The van der Waals surface area contributed by atoms with E-state index in [0.717, 1.165) is 29.2 Å². The molecule has 126 valence electrons. The van der Waals surface area contributed by atoms with Gasteiger partial charge in [0.05, 0.1) is 10.6 Å². The normalized spacial score (nSPS) is 17.2. The third-order valence-corrected chi connectivity index (χ3v) is 3.74. The molecule has 1 aliphatic rings. The first kappa shape index (κ1) is 18.2. The van der Waals surface area contributed by atoms with Crippen molar-refractivity contribution in [3.63, 3.8) is 0 Å². The molecule has 0 aromatic heterocycles. The summed E-state index contributed by atoms with van der Waals surface area (Å²) in [7, 11) is 0. The summed E-state index contributed by atoms with van der Waals surface area (Å²) in [5.74, 6) is -1.40. The minimum atomic E-state index is -4.59. The highest BCUT2D eigenvalue weighted by Gasteiger charge is 2.34. The predicted molar refractivity (Wildman–Crippen MR) is 87.1 cm³/mol. The van der Waals surface area contributed by atoms with Gasteiger partial charge in [0.2, 0.25) is 0 Å². The second kappa shape index (κ2) is 6.74. The van der Waals surface area contributed by atoms with Crippen molar-refractivity contribution in [1.29, 1.82) is 0 Å². The molecule has 0 bridgehead atoms. The molecule has 0 radical (unpaired) electrons. The van der Waals surface area contributed by atoms with Crippen molar-refractivity contribution in [3.05, 3.63) is 52.6 Å². The Labute approximate surface area is 145 Å². The topological polar surface area (TPSA) is 49.4 Å². The molecule has 1 N–H and O–H groups in total. The monoisotopic (exact) mass is 374 g/mol. The molecule has 0 unspecified atom stereocenters. The second-order valence-corrected chi connectivity index (χ2v) is 5.55. The molecule has 9 heteroatoms. The van der Waals surface area contributed by atoms with Crippen molar-refractivity contribution in [2.75, 3.05) is 6.54 Å². The average molecular weight is 375 g/mol. The summed E-state index contributed by atoms with van der Waals surface area (Å²) in [5.41, 5.74) is -1.08. The van der Waals surface area contributed by atoms with Crippen LogP contribution in [0.3, 0.4) is 0 Å². The van der Waals surface area contributed by atoms with Crippen LogP contribution in [-0.2, 0) is 15.8 Å². The standard InChI is InChI=1S/C15H10ClF3N2O2S/c1-2-5-21-13(23)9(12(22)20-14(21)24)6-8-3-4-10(11(16)7-8)15(17,18)19/h2-4,6-7H,1,5H2,(H,20,22,24)/b9-6+. The van der Waals surface area contributed by atoms with Crippen LogP contribution in [0.2, 0.25) is 5.02 Å². The highest BCUT2D eigenvalue weighted by Crippen LogP contribution is 2.35. The Morgan fingerprint density at radius 3 is 2.54 bits per heavy atom. The van der Waals surface area contributed by atoms with Crippen molar-refractivity contribution in [3.8, 4) is 0 Å². The van der Waals surface area contributed by atoms with Crippen LogP contribution in [0.4, 0.5) is 13.2 Å². The van der Waals surface area contributed by atoms with E-state index in [9.17, 15) is 22.8 Å². The van der Waals surface area contributed by atoms with E-state index in [1.807, 2.05) is 0 Å². The van der Waals surface area contributed by atoms with Crippen LogP contribution in [-0.4, -0.2) is 28.4 Å². The second-order valence-electron chi connectivity index (χ2n) is 4.76. The lowest BCUT2D eigenvalue weighted by Crippen LogP contribution is -2.53. The molecule has 1 aromatic carbocycles. The Morgan fingerprint density at radius 2 is 2.00 bits per heavy atom. The Bertz CT molecular complexity index is 774. The van der Waals surface area contributed by atoms with E-state index in [4.69, 9.17) is 23.8 Å². The van der Waals surface area contributed by atoms with E-state index in [1.165, 1.54) is 6.08 Å². The highest BCUT2D eigenvalue weighted by molar-refractivity contribution is 7.80. The number of rotatable bonds is 3. The van der Waals surface area contributed by atoms with Crippen LogP contribution < -0.4 is 5.32 Å². The predicted octanol–water partition coefficient (Wildman–Crippen LogP) is 3.17. The maximum atomic E-state index is 12.7. The molecule has 4 nitrogen and oxygen atoms in total. The summed E-state index contributed by atoms with van der Waals surface area (Å²) in [6, 6.07) is 2.93. The van der Waals surface area contributed by atoms with Crippen molar-refractivity contribution in [2.45, 2.75) is 6.18 Å². The molecular weight excluding hydrogens is 365 g/mol. The lowest BCUT2D eigenvalue weighted by molar-refractivity contribution is -0.137. The van der Waals surface area contributed by atoms with Gasteiger partial charge < -0.3 is 0 Å². The third kappa shape index (κ3) is 3.65. The van der Waals surface area contributed by atoms with Crippen molar-refractivity contribution in [2.24, 2.45) is 0 Å². The smallest absolute Gasteiger partial charge is 0.298 e. The van der Waals surface area contributed by atoms with Gasteiger partial charge in [0, 0.05) is 6.54 Å². The molecule has 1 fully saturated rings. The molecule has 1 aromatic rings. The number of hydrogen-bond acceptors (Lipinski definition) is 3. The zero-order valence-corrected chi connectivity index (χ0v) is 13.6. The van der Waals surface area contributed by atoms with Gasteiger partial charge >= 0.3 is 6.18 Å². The molecule has 24 heavy (non-hydrogen) atoms. The fourth-order valence-corrected chi connectivity index (χ4v) is 2.55.